The number of carbonyl (C=O) groups excluding carboxylic acids is 2. The van der Waals surface area contributed by atoms with Crippen molar-refractivity contribution in [2.45, 2.75) is 52.4 Å². The van der Waals surface area contributed by atoms with Crippen LogP contribution in [0.2, 0.25) is 5.02 Å². The molecule has 8 nitrogen and oxygen atoms in total. The molecule has 0 bridgehead atoms. The SMILES string of the molecule is CC(=O)N(NCc1ccccc1Cl)[C@H](CONC(=O)N1C=Cc2cc(F)ccc2C1)C(C)C(C)(C)O. The van der Waals surface area contributed by atoms with Gasteiger partial charge < -0.3 is 5.11 Å². The van der Waals surface area contributed by atoms with Crippen molar-refractivity contribution < 1.29 is 23.9 Å². The number of nitrogens with one attached hydrogen (secondary N) is 2. The molecule has 0 saturated carbocycles. The number of hydrogen-bond acceptors (Lipinski definition) is 5. The summed E-state index contributed by atoms with van der Waals surface area (Å²) in [6.07, 6.45) is 3.20. The van der Waals surface area contributed by atoms with E-state index in [-0.39, 0.29) is 31.4 Å². The Labute approximate surface area is 215 Å². The first-order chi connectivity index (χ1) is 17.0. The van der Waals surface area contributed by atoms with Gasteiger partial charge in [-0.2, -0.15) is 0 Å². The number of hydrogen-bond donors (Lipinski definition) is 3. The van der Waals surface area contributed by atoms with Crippen LogP contribution in [0.5, 0.6) is 0 Å². The second-order valence-electron chi connectivity index (χ2n) is 9.33. The highest BCUT2D eigenvalue weighted by Crippen LogP contribution is 2.24. The zero-order valence-electron chi connectivity index (χ0n) is 20.8. The molecule has 3 N–H and O–H groups in total. The van der Waals surface area contributed by atoms with Crippen LogP contribution in [0, 0.1) is 11.7 Å². The molecular weight excluding hydrogens is 487 g/mol. The van der Waals surface area contributed by atoms with Gasteiger partial charge in [0.25, 0.3) is 0 Å². The fraction of sp³-hybridized carbons (Fsp3) is 0.385. The number of amides is 3. The molecule has 1 aliphatic rings. The maximum atomic E-state index is 13.4. The molecule has 0 fully saturated rings. The molecule has 1 aliphatic heterocycles. The molecule has 1 unspecified atom stereocenters. The lowest BCUT2D eigenvalue weighted by Crippen LogP contribution is -2.57. The minimum atomic E-state index is -1.15. The van der Waals surface area contributed by atoms with Crippen LogP contribution in [0.4, 0.5) is 9.18 Å². The number of hydroxylamine groups is 1. The average molecular weight is 519 g/mol. The van der Waals surface area contributed by atoms with Crippen molar-refractivity contribution in [1.82, 2.24) is 20.8 Å². The van der Waals surface area contributed by atoms with Gasteiger partial charge in [0.2, 0.25) is 5.91 Å². The molecule has 2 aromatic carbocycles. The van der Waals surface area contributed by atoms with Gasteiger partial charge in [0.1, 0.15) is 5.82 Å². The van der Waals surface area contributed by atoms with Crippen molar-refractivity contribution in [1.29, 1.82) is 0 Å². The Kier molecular flexibility index (Phi) is 9.08. The lowest BCUT2D eigenvalue weighted by molar-refractivity contribution is -0.144. The van der Waals surface area contributed by atoms with Crippen LogP contribution in [0.15, 0.2) is 48.7 Å². The molecule has 36 heavy (non-hydrogen) atoms. The number of fused-ring (bicyclic) bond motifs is 1. The summed E-state index contributed by atoms with van der Waals surface area (Å²) in [7, 11) is 0. The quantitative estimate of drug-likeness (QED) is 0.432. The molecule has 3 amide bonds. The van der Waals surface area contributed by atoms with Gasteiger partial charge in [-0.1, -0.05) is 42.8 Å². The predicted molar refractivity (Wildman–Crippen MR) is 136 cm³/mol. The van der Waals surface area contributed by atoms with E-state index >= 15 is 0 Å². The van der Waals surface area contributed by atoms with Crippen LogP contribution in [0.25, 0.3) is 6.08 Å². The Balaban J connectivity index is 1.66. The predicted octanol–water partition coefficient (Wildman–Crippen LogP) is 4.24. The van der Waals surface area contributed by atoms with Crippen LogP contribution in [-0.4, -0.2) is 45.2 Å². The number of rotatable bonds is 9. The molecule has 0 radical (unpaired) electrons. The summed E-state index contributed by atoms with van der Waals surface area (Å²) >= 11 is 6.25. The Bertz CT molecular complexity index is 1120. The Hall–Kier alpha value is -2.98. The molecular formula is C26H32ClFN4O4. The number of urea groups is 1. The van der Waals surface area contributed by atoms with E-state index in [9.17, 15) is 19.1 Å². The van der Waals surface area contributed by atoms with E-state index in [2.05, 4.69) is 10.9 Å². The van der Waals surface area contributed by atoms with Crippen molar-refractivity contribution in [2.24, 2.45) is 5.92 Å². The summed E-state index contributed by atoms with van der Waals surface area (Å²) < 4.78 is 13.4. The second kappa shape index (κ2) is 11.8. The number of nitrogens with zero attached hydrogens (tertiary/aromatic N) is 2. The van der Waals surface area contributed by atoms with E-state index in [1.165, 1.54) is 29.0 Å². The molecule has 194 valence electrons. The van der Waals surface area contributed by atoms with E-state index in [0.717, 1.165) is 11.1 Å². The Morgan fingerprint density at radius 3 is 2.67 bits per heavy atom. The Morgan fingerprint density at radius 1 is 1.28 bits per heavy atom. The van der Waals surface area contributed by atoms with Crippen LogP contribution in [-0.2, 0) is 22.7 Å². The second-order valence-corrected chi connectivity index (χ2v) is 9.74. The maximum absolute atomic E-state index is 13.4. The molecule has 3 rings (SSSR count). The topological polar surface area (TPSA) is 94.1 Å². The lowest BCUT2D eigenvalue weighted by atomic mass is 9.86. The van der Waals surface area contributed by atoms with E-state index in [1.54, 1.807) is 45.2 Å². The fourth-order valence-electron chi connectivity index (χ4n) is 3.85. The minimum absolute atomic E-state index is 0.0919. The normalized spacial score (nSPS) is 14.7. The van der Waals surface area contributed by atoms with Crippen LogP contribution in [0.1, 0.15) is 44.4 Å². The van der Waals surface area contributed by atoms with E-state index in [0.29, 0.717) is 10.6 Å². The van der Waals surface area contributed by atoms with Crippen LogP contribution >= 0.6 is 11.6 Å². The number of carbonyl (C=O) groups is 2. The third kappa shape index (κ3) is 7.04. The van der Waals surface area contributed by atoms with E-state index in [4.69, 9.17) is 16.4 Å². The molecule has 0 spiro atoms. The van der Waals surface area contributed by atoms with Crippen LogP contribution < -0.4 is 10.9 Å². The van der Waals surface area contributed by atoms with Gasteiger partial charge >= 0.3 is 6.03 Å². The van der Waals surface area contributed by atoms with Gasteiger partial charge in [-0.05, 0) is 54.8 Å². The highest BCUT2D eigenvalue weighted by Gasteiger charge is 2.36. The van der Waals surface area contributed by atoms with Gasteiger partial charge in [-0.15, -0.1) is 0 Å². The molecule has 0 aliphatic carbocycles. The standard InChI is InChI=1S/C26H32ClFN4O4/c1-17(26(3,4)35)24(32(18(2)33)29-14-20-7-5-6-8-23(20)27)16-36-30-25(34)31-12-11-19-13-22(28)10-9-21(19)15-31/h5-13,17,24,29,35H,14-16H2,1-4H3,(H,30,34)/t17?,24-/m1/s1. The molecule has 2 aromatic rings. The fourth-order valence-corrected chi connectivity index (χ4v) is 4.05. The summed E-state index contributed by atoms with van der Waals surface area (Å²) in [6, 6.07) is 10.5. The minimum Gasteiger partial charge on any atom is -0.390 e. The first-order valence-electron chi connectivity index (χ1n) is 11.6. The van der Waals surface area contributed by atoms with Crippen molar-refractivity contribution in [3.63, 3.8) is 0 Å². The van der Waals surface area contributed by atoms with Gasteiger partial charge in [-0.25, -0.2) is 20.1 Å². The molecule has 0 saturated heterocycles. The van der Waals surface area contributed by atoms with Gasteiger partial charge in [0.05, 0.1) is 24.8 Å². The zero-order chi connectivity index (χ0) is 26.5. The first kappa shape index (κ1) is 27.6. The number of benzene rings is 2. The summed E-state index contributed by atoms with van der Waals surface area (Å²) in [5, 5.41) is 12.6. The number of aliphatic hydroxyl groups is 1. The smallest absolute Gasteiger partial charge is 0.345 e. The summed E-state index contributed by atoms with van der Waals surface area (Å²) in [5.41, 5.74) is 6.65. The number of hydrazine groups is 1. The van der Waals surface area contributed by atoms with Gasteiger partial charge in [0.15, 0.2) is 0 Å². The van der Waals surface area contributed by atoms with Crippen molar-refractivity contribution in [2.75, 3.05) is 6.61 Å². The Morgan fingerprint density at radius 2 is 2.00 bits per heavy atom. The van der Waals surface area contributed by atoms with Crippen LogP contribution in [0.3, 0.4) is 0 Å². The molecule has 1 heterocycles. The lowest BCUT2D eigenvalue weighted by Gasteiger charge is -2.39. The van der Waals surface area contributed by atoms with E-state index < -0.39 is 23.6 Å². The summed E-state index contributed by atoms with van der Waals surface area (Å²) in [5.74, 6) is -1.07. The molecule has 10 heteroatoms. The molecule has 2 atom stereocenters. The van der Waals surface area contributed by atoms with Crippen molar-refractivity contribution in [3.8, 4) is 0 Å². The maximum Gasteiger partial charge on any atom is 0.345 e. The third-order valence-electron chi connectivity index (χ3n) is 6.32. The summed E-state index contributed by atoms with van der Waals surface area (Å²) in [4.78, 5) is 32.2. The highest BCUT2D eigenvalue weighted by atomic mass is 35.5. The highest BCUT2D eigenvalue weighted by molar-refractivity contribution is 6.31. The molecule has 0 aromatic heterocycles. The van der Waals surface area contributed by atoms with E-state index in [1.807, 2.05) is 18.2 Å². The zero-order valence-corrected chi connectivity index (χ0v) is 21.6. The van der Waals surface area contributed by atoms with Gasteiger partial charge in [0, 0.05) is 30.6 Å². The summed E-state index contributed by atoms with van der Waals surface area (Å²) in [6.45, 7) is 6.94. The third-order valence-corrected chi connectivity index (χ3v) is 6.69. The van der Waals surface area contributed by atoms with Crippen molar-refractivity contribution in [3.05, 3.63) is 76.2 Å². The van der Waals surface area contributed by atoms with Gasteiger partial charge in [-0.3, -0.25) is 19.5 Å². The average Bonchev–Trinajstić information content (AvgIpc) is 2.82. The largest absolute Gasteiger partial charge is 0.390 e. The monoisotopic (exact) mass is 518 g/mol. The van der Waals surface area contributed by atoms with Crippen molar-refractivity contribution >= 4 is 29.6 Å². The number of halogens is 2. The first-order valence-corrected chi connectivity index (χ1v) is 12.0.